The standard InChI is InChI=1S/C12H15F2NO3/c1-8-3-4-9(13)12(11(8)14)15-10(16)7-18-6-5-17-2/h3-4H,5-7H2,1-2H3,(H,15,16). The van der Waals surface area contributed by atoms with E-state index in [0.717, 1.165) is 6.07 Å². The van der Waals surface area contributed by atoms with Crippen LogP contribution in [0, 0.1) is 18.6 Å². The van der Waals surface area contributed by atoms with Crippen molar-refractivity contribution >= 4 is 11.6 Å². The summed E-state index contributed by atoms with van der Waals surface area (Å²) in [5, 5.41) is 2.14. The molecular formula is C12H15F2NO3. The van der Waals surface area contributed by atoms with Crippen molar-refractivity contribution in [1.29, 1.82) is 0 Å². The average Bonchev–Trinajstić information content (AvgIpc) is 2.35. The van der Waals surface area contributed by atoms with E-state index in [4.69, 9.17) is 9.47 Å². The number of hydrogen-bond acceptors (Lipinski definition) is 3. The molecule has 0 aliphatic carbocycles. The van der Waals surface area contributed by atoms with E-state index in [0.29, 0.717) is 6.61 Å². The van der Waals surface area contributed by atoms with Gasteiger partial charge in [-0.1, -0.05) is 6.07 Å². The van der Waals surface area contributed by atoms with Gasteiger partial charge in [0.2, 0.25) is 0 Å². The van der Waals surface area contributed by atoms with Gasteiger partial charge in [0.1, 0.15) is 18.1 Å². The third kappa shape index (κ3) is 4.05. The Kier molecular flexibility index (Phi) is 5.67. The molecule has 0 atom stereocenters. The summed E-state index contributed by atoms with van der Waals surface area (Å²) in [7, 11) is 1.50. The topological polar surface area (TPSA) is 47.6 Å². The van der Waals surface area contributed by atoms with Gasteiger partial charge in [0, 0.05) is 7.11 Å². The maximum atomic E-state index is 13.6. The van der Waals surface area contributed by atoms with E-state index in [1.54, 1.807) is 0 Å². The van der Waals surface area contributed by atoms with Crippen LogP contribution in [0.5, 0.6) is 0 Å². The molecule has 0 unspecified atom stereocenters. The summed E-state index contributed by atoms with van der Waals surface area (Å²) in [5.41, 5.74) is -0.192. The molecule has 0 heterocycles. The molecule has 1 amide bonds. The zero-order valence-electron chi connectivity index (χ0n) is 10.3. The maximum Gasteiger partial charge on any atom is 0.250 e. The van der Waals surface area contributed by atoms with Crippen LogP contribution in [0.3, 0.4) is 0 Å². The van der Waals surface area contributed by atoms with Gasteiger partial charge in [0.15, 0.2) is 5.82 Å². The molecule has 4 nitrogen and oxygen atoms in total. The normalized spacial score (nSPS) is 10.4. The van der Waals surface area contributed by atoms with Gasteiger partial charge >= 0.3 is 0 Å². The fraction of sp³-hybridized carbons (Fsp3) is 0.417. The molecule has 0 fully saturated rings. The summed E-state index contributed by atoms with van der Waals surface area (Å²) in [6.07, 6.45) is 0. The lowest BCUT2D eigenvalue weighted by Crippen LogP contribution is -2.21. The number of halogens is 2. The van der Waals surface area contributed by atoms with E-state index in [1.807, 2.05) is 0 Å². The van der Waals surface area contributed by atoms with Crippen LogP contribution in [0.1, 0.15) is 5.56 Å². The summed E-state index contributed by atoms with van der Waals surface area (Å²) in [6, 6.07) is 2.40. The number of carbonyl (C=O) groups excluding carboxylic acids is 1. The molecule has 100 valence electrons. The van der Waals surface area contributed by atoms with Crippen LogP contribution < -0.4 is 5.32 Å². The van der Waals surface area contributed by atoms with Gasteiger partial charge in [0.05, 0.1) is 13.2 Å². The number of amides is 1. The molecular weight excluding hydrogens is 244 g/mol. The van der Waals surface area contributed by atoms with Gasteiger partial charge in [0.25, 0.3) is 5.91 Å². The SMILES string of the molecule is COCCOCC(=O)Nc1c(F)ccc(C)c1F. The second-order valence-electron chi connectivity index (χ2n) is 3.65. The van der Waals surface area contributed by atoms with Crippen LogP contribution in [0.15, 0.2) is 12.1 Å². The fourth-order valence-corrected chi connectivity index (χ4v) is 1.25. The Labute approximate surface area is 104 Å². The summed E-state index contributed by atoms with van der Waals surface area (Å²) < 4.78 is 36.5. The monoisotopic (exact) mass is 259 g/mol. The van der Waals surface area contributed by atoms with Crippen LogP contribution in [0.2, 0.25) is 0 Å². The highest BCUT2D eigenvalue weighted by atomic mass is 19.1. The molecule has 1 aromatic rings. The Morgan fingerprint density at radius 3 is 2.72 bits per heavy atom. The quantitative estimate of drug-likeness (QED) is 0.793. The first-order chi connectivity index (χ1) is 8.56. The fourth-order valence-electron chi connectivity index (χ4n) is 1.25. The van der Waals surface area contributed by atoms with Crippen molar-refractivity contribution in [2.45, 2.75) is 6.92 Å². The molecule has 6 heteroatoms. The second kappa shape index (κ2) is 7.03. The molecule has 18 heavy (non-hydrogen) atoms. The van der Waals surface area contributed by atoms with Gasteiger partial charge in [-0.15, -0.1) is 0 Å². The minimum absolute atomic E-state index is 0.239. The predicted molar refractivity (Wildman–Crippen MR) is 62.4 cm³/mol. The Balaban J connectivity index is 2.57. The molecule has 0 bridgehead atoms. The number of aryl methyl sites for hydroxylation is 1. The van der Waals surface area contributed by atoms with E-state index in [9.17, 15) is 13.6 Å². The highest BCUT2D eigenvalue weighted by Crippen LogP contribution is 2.21. The third-order valence-electron chi connectivity index (χ3n) is 2.21. The lowest BCUT2D eigenvalue weighted by atomic mass is 10.2. The van der Waals surface area contributed by atoms with Crippen molar-refractivity contribution in [3.8, 4) is 0 Å². The first kappa shape index (κ1) is 14.5. The molecule has 0 radical (unpaired) electrons. The van der Waals surface area contributed by atoms with Crippen molar-refractivity contribution in [3.05, 3.63) is 29.3 Å². The van der Waals surface area contributed by atoms with Gasteiger partial charge in [-0.2, -0.15) is 0 Å². The molecule has 1 aromatic carbocycles. The van der Waals surface area contributed by atoms with Crippen LogP contribution in [-0.2, 0) is 14.3 Å². The number of rotatable bonds is 6. The van der Waals surface area contributed by atoms with Gasteiger partial charge in [-0.25, -0.2) is 8.78 Å². The molecule has 0 aliphatic rings. The number of hydrogen-bond donors (Lipinski definition) is 1. The first-order valence-corrected chi connectivity index (χ1v) is 5.37. The Morgan fingerprint density at radius 2 is 2.06 bits per heavy atom. The van der Waals surface area contributed by atoms with Gasteiger partial charge in [-0.3, -0.25) is 4.79 Å². The Morgan fingerprint density at radius 1 is 1.33 bits per heavy atom. The molecule has 0 aromatic heterocycles. The molecule has 0 saturated carbocycles. The van der Waals surface area contributed by atoms with Crippen LogP contribution in [0.4, 0.5) is 14.5 Å². The zero-order chi connectivity index (χ0) is 13.5. The van der Waals surface area contributed by atoms with E-state index in [1.165, 1.54) is 20.1 Å². The molecule has 0 aliphatic heterocycles. The van der Waals surface area contributed by atoms with Crippen molar-refractivity contribution in [1.82, 2.24) is 0 Å². The minimum Gasteiger partial charge on any atom is -0.382 e. The highest BCUT2D eigenvalue weighted by molar-refractivity contribution is 5.92. The van der Waals surface area contributed by atoms with E-state index >= 15 is 0 Å². The van der Waals surface area contributed by atoms with Gasteiger partial charge in [-0.05, 0) is 18.6 Å². The van der Waals surface area contributed by atoms with Crippen LogP contribution >= 0.6 is 0 Å². The van der Waals surface area contributed by atoms with Crippen LogP contribution in [-0.4, -0.2) is 32.8 Å². The van der Waals surface area contributed by atoms with Crippen molar-refractivity contribution in [2.75, 3.05) is 32.2 Å². The second-order valence-corrected chi connectivity index (χ2v) is 3.65. The lowest BCUT2D eigenvalue weighted by Gasteiger charge is -2.09. The number of nitrogens with one attached hydrogen (secondary N) is 1. The van der Waals surface area contributed by atoms with E-state index < -0.39 is 23.2 Å². The average molecular weight is 259 g/mol. The third-order valence-corrected chi connectivity index (χ3v) is 2.21. The largest absolute Gasteiger partial charge is 0.382 e. The summed E-state index contributed by atoms with van der Waals surface area (Å²) in [5.74, 6) is -2.21. The van der Waals surface area contributed by atoms with Crippen LogP contribution in [0.25, 0.3) is 0 Å². The van der Waals surface area contributed by atoms with Crippen molar-refractivity contribution in [3.63, 3.8) is 0 Å². The Bertz CT molecular complexity index is 424. The molecule has 0 saturated heterocycles. The van der Waals surface area contributed by atoms with E-state index in [-0.39, 0.29) is 18.8 Å². The highest BCUT2D eigenvalue weighted by Gasteiger charge is 2.14. The summed E-state index contributed by atoms with van der Waals surface area (Å²) in [4.78, 5) is 11.4. The van der Waals surface area contributed by atoms with Crippen molar-refractivity contribution < 1.29 is 23.0 Å². The van der Waals surface area contributed by atoms with Gasteiger partial charge < -0.3 is 14.8 Å². The first-order valence-electron chi connectivity index (χ1n) is 5.37. The predicted octanol–water partition coefficient (Wildman–Crippen LogP) is 1.87. The summed E-state index contributed by atoms with van der Waals surface area (Å²) >= 11 is 0. The van der Waals surface area contributed by atoms with E-state index in [2.05, 4.69) is 5.32 Å². The van der Waals surface area contributed by atoms with Crippen molar-refractivity contribution in [2.24, 2.45) is 0 Å². The smallest absolute Gasteiger partial charge is 0.250 e. The number of anilines is 1. The zero-order valence-corrected chi connectivity index (χ0v) is 10.3. The number of benzene rings is 1. The minimum atomic E-state index is -0.816. The maximum absolute atomic E-state index is 13.6. The molecule has 1 rings (SSSR count). The number of carbonyl (C=O) groups is 1. The lowest BCUT2D eigenvalue weighted by molar-refractivity contribution is -0.121. The number of methoxy groups -OCH3 is 1. The Hall–Kier alpha value is -1.53. The summed E-state index contributed by atoms with van der Waals surface area (Å²) in [6.45, 7) is 1.79. The molecule has 1 N–H and O–H groups in total. The number of ether oxygens (including phenoxy) is 2. The molecule has 0 spiro atoms.